The van der Waals surface area contributed by atoms with E-state index in [1.807, 2.05) is 0 Å². The van der Waals surface area contributed by atoms with Crippen molar-refractivity contribution in [1.29, 1.82) is 0 Å². The van der Waals surface area contributed by atoms with Crippen LogP contribution in [0.4, 0.5) is 18.0 Å². The number of nitrogens with one attached hydrogen (secondary N) is 1. The number of carbonyl (C=O) groups excluding carboxylic acids is 2. The molecule has 1 aliphatic rings. The van der Waals surface area contributed by atoms with Crippen molar-refractivity contribution >= 4 is 12.0 Å². The van der Waals surface area contributed by atoms with Crippen molar-refractivity contribution in [1.82, 2.24) is 5.32 Å². The summed E-state index contributed by atoms with van der Waals surface area (Å²) in [6.45, 7) is -0.0363. The molecule has 0 heterocycles. The van der Waals surface area contributed by atoms with Gasteiger partial charge >= 0.3 is 12.3 Å². The highest BCUT2D eigenvalue weighted by molar-refractivity contribution is 5.78. The molecule has 2 amide bonds. The van der Waals surface area contributed by atoms with Gasteiger partial charge in [-0.15, -0.1) is 0 Å². The number of hydrogen-bond acceptors (Lipinski definition) is 3. The van der Waals surface area contributed by atoms with Gasteiger partial charge in [0.2, 0.25) is 5.91 Å². The van der Waals surface area contributed by atoms with Gasteiger partial charge in [-0.1, -0.05) is 6.42 Å². The first-order valence-corrected chi connectivity index (χ1v) is 6.07. The predicted octanol–water partition coefficient (Wildman–Crippen LogP) is 1.57. The molecule has 0 spiro atoms. The molecule has 1 saturated carbocycles. The average Bonchev–Trinajstić information content (AvgIpc) is 2.33. The zero-order valence-electron chi connectivity index (χ0n) is 10.3. The Kier molecular flexibility index (Phi) is 5.44. The van der Waals surface area contributed by atoms with Gasteiger partial charge in [0.05, 0.1) is 12.5 Å². The smallest absolute Gasteiger partial charge is 0.404 e. The maximum Gasteiger partial charge on any atom is 0.404 e. The Morgan fingerprint density at radius 3 is 2.58 bits per heavy atom. The largest absolute Gasteiger partial charge is 0.448 e. The molecular formula is C11H17F3N2O3. The van der Waals surface area contributed by atoms with Gasteiger partial charge in [-0.05, 0) is 19.3 Å². The van der Waals surface area contributed by atoms with E-state index in [4.69, 9.17) is 5.73 Å². The number of rotatable bonds is 4. The number of carbonyl (C=O) groups is 2. The molecule has 19 heavy (non-hydrogen) atoms. The zero-order valence-corrected chi connectivity index (χ0v) is 10.3. The predicted molar refractivity (Wildman–Crippen MR) is 60.0 cm³/mol. The van der Waals surface area contributed by atoms with Crippen LogP contribution in [0, 0.1) is 11.8 Å². The number of nitrogens with two attached hydrogens (primary N) is 1. The Morgan fingerprint density at radius 2 is 2.00 bits per heavy atom. The Labute approximate surface area is 108 Å². The van der Waals surface area contributed by atoms with Gasteiger partial charge < -0.3 is 15.8 Å². The lowest BCUT2D eigenvalue weighted by molar-refractivity contribution is -0.186. The normalized spacial score (nSPS) is 23.7. The molecular weight excluding hydrogens is 265 g/mol. The van der Waals surface area contributed by atoms with E-state index in [1.54, 1.807) is 0 Å². The molecule has 0 aromatic rings. The van der Waals surface area contributed by atoms with Gasteiger partial charge in [0.15, 0.2) is 0 Å². The number of alkyl halides is 3. The van der Waals surface area contributed by atoms with Crippen LogP contribution in [-0.2, 0) is 9.53 Å². The fraction of sp³-hybridized carbons (Fsp3) is 0.818. The first-order valence-electron chi connectivity index (χ1n) is 6.07. The highest BCUT2D eigenvalue weighted by Crippen LogP contribution is 2.39. The second kappa shape index (κ2) is 6.63. The Morgan fingerprint density at radius 1 is 1.32 bits per heavy atom. The van der Waals surface area contributed by atoms with E-state index in [0.717, 1.165) is 0 Å². The first-order chi connectivity index (χ1) is 8.80. The summed E-state index contributed by atoms with van der Waals surface area (Å²) in [6.07, 6.45) is -4.45. The molecule has 110 valence electrons. The third-order valence-corrected chi connectivity index (χ3v) is 3.15. The van der Waals surface area contributed by atoms with Crippen LogP contribution in [0.25, 0.3) is 0 Å². The fourth-order valence-electron chi connectivity index (χ4n) is 2.20. The van der Waals surface area contributed by atoms with Crippen molar-refractivity contribution in [3.05, 3.63) is 0 Å². The molecule has 2 atom stereocenters. The lowest BCUT2D eigenvalue weighted by Gasteiger charge is -2.29. The molecule has 0 aromatic heterocycles. The van der Waals surface area contributed by atoms with Crippen molar-refractivity contribution in [3.8, 4) is 0 Å². The first kappa shape index (κ1) is 15.6. The average molecular weight is 282 g/mol. The number of amides is 2. The second-order valence-electron chi connectivity index (χ2n) is 4.56. The molecule has 1 aliphatic carbocycles. The lowest BCUT2D eigenvalue weighted by Crippen LogP contribution is -2.38. The topological polar surface area (TPSA) is 81.4 Å². The molecule has 5 nitrogen and oxygen atoms in total. The van der Waals surface area contributed by atoms with Crippen molar-refractivity contribution in [2.75, 3.05) is 13.2 Å². The SMILES string of the molecule is NC(=O)OCCNC(=O)[C@@H]1CCC[C@H](C(F)(F)F)C1. The van der Waals surface area contributed by atoms with E-state index in [9.17, 15) is 22.8 Å². The minimum Gasteiger partial charge on any atom is -0.448 e. The molecule has 8 heteroatoms. The van der Waals surface area contributed by atoms with Crippen molar-refractivity contribution in [3.63, 3.8) is 0 Å². The van der Waals surface area contributed by atoms with Crippen LogP contribution < -0.4 is 11.1 Å². The van der Waals surface area contributed by atoms with Crippen LogP contribution in [0.1, 0.15) is 25.7 Å². The Hall–Kier alpha value is -1.47. The second-order valence-corrected chi connectivity index (χ2v) is 4.56. The maximum absolute atomic E-state index is 12.6. The fourth-order valence-corrected chi connectivity index (χ4v) is 2.20. The molecule has 0 aromatic carbocycles. The van der Waals surface area contributed by atoms with Gasteiger partial charge in [0.1, 0.15) is 6.61 Å². The summed E-state index contributed by atoms with van der Waals surface area (Å²) >= 11 is 0. The van der Waals surface area contributed by atoms with E-state index >= 15 is 0 Å². The minimum atomic E-state index is -4.24. The summed E-state index contributed by atoms with van der Waals surface area (Å²) in [4.78, 5) is 21.9. The molecule has 0 aliphatic heterocycles. The zero-order chi connectivity index (χ0) is 14.5. The standard InChI is InChI=1S/C11H17F3N2O3/c12-11(13,14)8-3-1-2-7(6-8)9(17)16-4-5-19-10(15)18/h7-8H,1-6H2,(H2,15,18)(H,16,17)/t7-,8+/m1/s1. The van der Waals surface area contributed by atoms with Gasteiger partial charge in [-0.3, -0.25) is 4.79 Å². The van der Waals surface area contributed by atoms with Crippen molar-refractivity contribution in [2.45, 2.75) is 31.9 Å². The molecule has 0 unspecified atom stereocenters. The van der Waals surface area contributed by atoms with E-state index in [0.29, 0.717) is 12.8 Å². The van der Waals surface area contributed by atoms with Crippen LogP contribution in [0.5, 0.6) is 0 Å². The lowest BCUT2D eigenvalue weighted by atomic mass is 9.80. The van der Waals surface area contributed by atoms with Crippen LogP contribution in [0.3, 0.4) is 0 Å². The number of hydrogen-bond donors (Lipinski definition) is 2. The van der Waals surface area contributed by atoms with Crippen molar-refractivity contribution in [2.24, 2.45) is 17.6 Å². The van der Waals surface area contributed by atoms with Crippen LogP contribution in [0.2, 0.25) is 0 Å². The molecule has 0 radical (unpaired) electrons. The maximum atomic E-state index is 12.6. The number of primary amides is 1. The van der Waals surface area contributed by atoms with Crippen LogP contribution in [-0.4, -0.2) is 31.3 Å². The summed E-state index contributed by atoms with van der Waals surface area (Å²) in [7, 11) is 0. The van der Waals surface area contributed by atoms with E-state index < -0.39 is 30.0 Å². The number of halogens is 3. The van der Waals surface area contributed by atoms with Crippen molar-refractivity contribution < 1.29 is 27.5 Å². The summed E-state index contributed by atoms with van der Waals surface area (Å²) in [5.41, 5.74) is 4.72. The third-order valence-electron chi connectivity index (χ3n) is 3.15. The molecule has 1 fully saturated rings. The molecule has 0 bridgehead atoms. The van der Waals surface area contributed by atoms with E-state index in [2.05, 4.69) is 10.1 Å². The molecule has 3 N–H and O–H groups in total. The Bertz CT molecular complexity index is 334. The highest BCUT2D eigenvalue weighted by atomic mass is 19.4. The number of ether oxygens (including phenoxy) is 1. The van der Waals surface area contributed by atoms with E-state index in [1.165, 1.54) is 0 Å². The summed E-state index contributed by atoms with van der Waals surface area (Å²) in [5.74, 6) is -2.46. The minimum absolute atomic E-state index is 0.0506. The monoisotopic (exact) mass is 282 g/mol. The summed E-state index contributed by atoms with van der Waals surface area (Å²) in [6, 6.07) is 0. The van der Waals surface area contributed by atoms with Gasteiger partial charge in [-0.2, -0.15) is 13.2 Å². The quantitative estimate of drug-likeness (QED) is 0.768. The molecule has 0 saturated heterocycles. The van der Waals surface area contributed by atoms with Crippen LogP contribution >= 0.6 is 0 Å². The third kappa shape index (κ3) is 5.35. The van der Waals surface area contributed by atoms with Gasteiger partial charge in [-0.25, -0.2) is 4.79 Å². The summed E-state index contributed by atoms with van der Waals surface area (Å²) in [5, 5.41) is 2.44. The van der Waals surface area contributed by atoms with Gasteiger partial charge in [0.25, 0.3) is 0 Å². The van der Waals surface area contributed by atoms with E-state index in [-0.39, 0.29) is 26.0 Å². The summed E-state index contributed by atoms with van der Waals surface area (Å²) < 4.78 is 42.1. The van der Waals surface area contributed by atoms with Gasteiger partial charge in [0, 0.05) is 5.92 Å². The highest BCUT2D eigenvalue weighted by Gasteiger charge is 2.43. The molecule has 1 rings (SSSR count). The van der Waals surface area contributed by atoms with Crippen LogP contribution in [0.15, 0.2) is 0 Å². The Balaban J connectivity index is 2.34.